The number of hydrogen-bond donors (Lipinski definition) is 6. The van der Waals surface area contributed by atoms with Crippen LogP contribution in [0.3, 0.4) is 0 Å². The summed E-state index contributed by atoms with van der Waals surface area (Å²) in [4.78, 5) is 141. The topological polar surface area (TPSA) is 271 Å². The van der Waals surface area contributed by atoms with Crippen molar-refractivity contribution < 1.29 is 57.8 Å². The summed E-state index contributed by atoms with van der Waals surface area (Å²) in [5.74, 6) is -7.34. The second-order valence-electron chi connectivity index (χ2n) is 20.4. The van der Waals surface area contributed by atoms with Crippen LogP contribution in [0.2, 0.25) is 0 Å². The van der Waals surface area contributed by atoms with E-state index in [4.69, 9.17) is 0 Å². The lowest BCUT2D eigenvalue weighted by Crippen LogP contribution is -2.58. The number of para-hydroxylation sites is 1. The fourth-order valence-corrected chi connectivity index (χ4v) is 10.3. The zero-order valence-electron chi connectivity index (χ0n) is 43.4. The smallest absolute Gasteiger partial charge is 0.330 e. The molecule has 0 bridgehead atoms. The Balaban J connectivity index is 1.32. The lowest BCUT2D eigenvalue weighted by atomic mass is 9.84. The summed E-state index contributed by atoms with van der Waals surface area (Å²) in [5.41, 5.74) is 1.58. The standard InChI is InChI=1S/C54H77N7O12/c1-7-9-18-40(57-49(66)34(16-10-13-22-48(65)73-6)27-46(63)41-28-36(62)31-56-41)47(64)29-38(33(5)8-2)50(67)58-42(25-32(3)4)52(69)60-23-14-20-44(60)51(68)59-43(53(70)61-24-15-21-45(61)54(71)72)26-35-30-55-39-19-12-11-17-37(35)39/h11-13,17,19,22,30,32-34,38,40-45,55-56H,7-10,14-16,18,20-21,23-29,31H2,1-6H3,(H,57,66)(H,58,67)(H,59,68)(H,71,72)/b22-13+/t33?,34-,38+,40+,41+,42+,43+,44+,45+/m1/s1. The van der Waals surface area contributed by atoms with Crippen molar-refractivity contribution in [3.8, 4) is 0 Å². The normalized spacial score (nSPS) is 20.4. The number of rotatable bonds is 28. The van der Waals surface area contributed by atoms with Crippen LogP contribution < -0.4 is 21.3 Å². The minimum absolute atomic E-state index is 0.0240. The van der Waals surface area contributed by atoms with Crippen molar-refractivity contribution >= 4 is 69.7 Å². The van der Waals surface area contributed by atoms with Crippen LogP contribution in [0.25, 0.3) is 10.9 Å². The number of esters is 1. The Morgan fingerprint density at radius 3 is 2.16 bits per heavy atom. The van der Waals surface area contributed by atoms with Crippen molar-refractivity contribution in [3.63, 3.8) is 0 Å². The van der Waals surface area contributed by atoms with Crippen molar-refractivity contribution in [2.24, 2.45) is 23.7 Å². The van der Waals surface area contributed by atoms with Gasteiger partial charge in [0.25, 0.3) is 0 Å². The number of nitrogens with one attached hydrogen (secondary N) is 5. The van der Waals surface area contributed by atoms with Crippen LogP contribution in [0.5, 0.6) is 0 Å². The highest BCUT2D eigenvalue weighted by Gasteiger charge is 2.43. The first-order chi connectivity index (χ1) is 34.9. The number of hydrogen-bond acceptors (Lipinski definition) is 12. The zero-order valence-corrected chi connectivity index (χ0v) is 43.4. The number of amides is 5. The number of ether oxygens (including phenoxy) is 1. The van der Waals surface area contributed by atoms with Crippen LogP contribution in [0.15, 0.2) is 42.6 Å². The number of aromatic amines is 1. The molecule has 1 aromatic heterocycles. The van der Waals surface area contributed by atoms with Crippen LogP contribution in [0, 0.1) is 23.7 Å². The molecule has 3 aliphatic heterocycles. The van der Waals surface area contributed by atoms with E-state index in [2.05, 4.69) is 31.0 Å². The van der Waals surface area contributed by atoms with Gasteiger partial charge in [-0.05, 0) is 74.8 Å². The Morgan fingerprint density at radius 1 is 0.849 bits per heavy atom. The minimum atomic E-state index is -1.14. The van der Waals surface area contributed by atoms with Gasteiger partial charge in [-0.1, -0.05) is 78.2 Å². The number of aliphatic carboxylic acids is 1. The van der Waals surface area contributed by atoms with Gasteiger partial charge in [0, 0.05) is 73.8 Å². The number of methoxy groups -OCH3 is 1. The number of carboxylic acid groups (broad SMARTS) is 1. The number of carbonyl (C=O) groups excluding carboxylic acids is 9. The fraction of sp³-hybridized carbons (Fsp3) is 0.630. The van der Waals surface area contributed by atoms with Crippen molar-refractivity contribution in [1.29, 1.82) is 0 Å². The maximum atomic E-state index is 14.7. The molecular formula is C54H77N7O12. The second-order valence-corrected chi connectivity index (χ2v) is 20.4. The zero-order chi connectivity index (χ0) is 53.4. The highest BCUT2D eigenvalue weighted by Crippen LogP contribution is 2.27. The molecule has 4 heterocycles. The monoisotopic (exact) mass is 1020 g/mol. The number of nitrogens with zero attached hydrogens (tertiary/aromatic N) is 2. The average molecular weight is 1020 g/mol. The van der Waals surface area contributed by atoms with Gasteiger partial charge >= 0.3 is 11.9 Å². The number of likely N-dealkylation sites (tertiary alicyclic amines) is 2. The van der Waals surface area contributed by atoms with E-state index >= 15 is 0 Å². The van der Waals surface area contributed by atoms with E-state index in [9.17, 15) is 53.1 Å². The molecule has 0 saturated carbocycles. The molecule has 6 N–H and O–H groups in total. The predicted octanol–water partition coefficient (Wildman–Crippen LogP) is 4.11. The van der Waals surface area contributed by atoms with E-state index in [1.807, 2.05) is 58.9 Å². The molecule has 1 unspecified atom stereocenters. The third-order valence-electron chi connectivity index (χ3n) is 14.7. The predicted molar refractivity (Wildman–Crippen MR) is 271 cm³/mol. The molecule has 0 spiro atoms. The van der Waals surface area contributed by atoms with Crippen molar-refractivity contribution in [2.75, 3.05) is 26.7 Å². The van der Waals surface area contributed by atoms with Gasteiger partial charge in [-0.3, -0.25) is 38.4 Å². The lowest BCUT2D eigenvalue weighted by molar-refractivity contribution is -0.149. The molecule has 3 fully saturated rings. The number of allylic oxidation sites excluding steroid dienone is 1. The third kappa shape index (κ3) is 15.9. The SMILES string of the molecule is CCCC[C@H](NC(=O)[C@H](CC/C=C/C(=O)OC)CC(=O)[C@@H]1CC(=O)CN1)C(=O)C[C@H](C(=O)N[C@@H](CC(C)C)C(=O)N1CCC[C@H]1C(=O)N[C@@H](Cc1c[nH]c2ccccc12)C(=O)N1CCC[C@H]1C(=O)O)C(C)CC. The van der Waals surface area contributed by atoms with Crippen LogP contribution in [-0.2, 0) is 59.1 Å². The first-order valence-corrected chi connectivity index (χ1v) is 26.2. The molecule has 5 rings (SSSR count). The Labute approximate surface area is 428 Å². The third-order valence-corrected chi connectivity index (χ3v) is 14.7. The maximum absolute atomic E-state index is 14.7. The number of Topliss-reactive ketones (excluding diaryl/α,β-unsaturated/α-hetero) is 3. The molecule has 1 aromatic carbocycles. The molecule has 5 amide bonds. The number of H-pyrrole nitrogens is 1. The molecule has 0 radical (unpaired) electrons. The van der Waals surface area contributed by atoms with Crippen LogP contribution in [0.1, 0.15) is 130 Å². The average Bonchev–Trinajstić information content (AvgIpc) is 4.22. The summed E-state index contributed by atoms with van der Waals surface area (Å²) in [6.07, 6.45) is 8.44. The van der Waals surface area contributed by atoms with E-state index in [-0.39, 0.29) is 100 Å². The first-order valence-electron chi connectivity index (χ1n) is 26.2. The summed E-state index contributed by atoms with van der Waals surface area (Å²) in [6, 6.07) is 1.58. The van der Waals surface area contributed by atoms with E-state index in [1.165, 1.54) is 23.0 Å². The molecule has 0 aliphatic carbocycles. The van der Waals surface area contributed by atoms with Gasteiger partial charge in [0.2, 0.25) is 29.5 Å². The highest BCUT2D eigenvalue weighted by molar-refractivity contribution is 5.99. The van der Waals surface area contributed by atoms with Gasteiger partial charge < -0.3 is 45.9 Å². The molecule has 2 aromatic rings. The summed E-state index contributed by atoms with van der Waals surface area (Å²) < 4.78 is 4.66. The van der Waals surface area contributed by atoms with E-state index < -0.39 is 89.6 Å². The van der Waals surface area contributed by atoms with E-state index in [0.29, 0.717) is 44.9 Å². The van der Waals surface area contributed by atoms with Crippen LogP contribution >= 0.6 is 0 Å². The van der Waals surface area contributed by atoms with Gasteiger partial charge in [0.05, 0.1) is 25.7 Å². The molecular weight excluding hydrogens is 939 g/mol. The van der Waals surface area contributed by atoms with Gasteiger partial charge in [-0.25, -0.2) is 9.59 Å². The van der Waals surface area contributed by atoms with E-state index in [1.54, 1.807) is 12.3 Å². The number of carboxylic acids is 1. The molecule has 73 heavy (non-hydrogen) atoms. The molecule has 3 saturated heterocycles. The lowest BCUT2D eigenvalue weighted by Gasteiger charge is -2.33. The first kappa shape index (κ1) is 57.7. The Bertz CT molecular complexity index is 2340. The maximum Gasteiger partial charge on any atom is 0.330 e. The number of ketones is 3. The molecule has 19 nitrogen and oxygen atoms in total. The number of benzene rings is 1. The van der Waals surface area contributed by atoms with Crippen LogP contribution in [0.4, 0.5) is 0 Å². The van der Waals surface area contributed by atoms with Gasteiger partial charge in [0.15, 0.2) is 11.6 Å². The van der Waals surface area contributed by atoms with Crippen molar-refractivity contribution in [2.45, 2.75) is 167 Å². The molecule has 9 atom stereocenters. The van der Waals surface area contributed by atoms with Crippen molar-refractivity contribution in [1.82, 2.24) is 36.1 Å². The number of carbonyl (C=O) groups is 10. The minimum Gasteiger partial charge on any atom is -0.480 e. The number of unbranched alkanes of at least 4 members (excludes halogenated alkanes) is 1. The number of aromatic nitrogens is 1. The van der Waals surface area contributed by atoms with Gasteiger partial charge in [-0.15, -0.1) is 0 Å². The Kier molecular flexibility index (Phi) is 21.9. The van der Waals surface area contributed by atoms with Crippen LogP contribution in [-0.4, -0.2) is 142 Å². The van der Waals surface area contributed by atoms with Gasteiger partial charge in [0.1, 0.15) is 30.0 Å². The summed E-state index contributed by atoms with van der Waals surface area (Å²) >= 11 is 0. The highest BCUT2D eigenvalue weighted by atomic mass is 16.5. The Hall–Kier alpha value is -6.24. The molecule has 400 valence electrons. The summed E-state index contributed by atoms with van der Waals surface area (Å²) in [6.45, 7) is 9.98. The van der Waals surface area contributed by atoms with Crippen molar-refractivity contribution in [3.05, 3.63) is 48.2 Å². The second kappa shape index (κ2) is 27.7. The molecule has 3 aliphatic rings. The fourth-order valence-electron chi connectivity index (χ4n) is 10.3. The van der Waals surface area contributed by atoms with Gasteiger partial charge in [-0.2, -0.15) is 0 Å². The van der Waals surface area contributed by atoms with E-state index in [0.717, 1.165) is 16.5 Å². The number of fused-ring (bicyclic) bond motifs is 1. The largest absolute Gasteiger partial charge is 0.480 e. The quantitative estimate of drug-likeness (QED) is 0.0519. The summed E-state index contributed by atoms with van der Waals surface area (Å²) in [5, 5.41) is 22.5. The Morgan fingerprint density at radius 2 is 1.52 bits per heavy atom. The summed E-state index contributed by atoms with van der Waals surface area (Å²) in [7, 11) is 1.24. The molecule has 19 heteroatoms.